The lowest BCUT2D eigenvalue weighted by molar-refractivity contribution is 0.0696. The third-order valence-corrected chi connectivity index (χ3v) is 2.85. The van der Waals surface area contributed by atoms with Crippen LogP contribution in [0, 0.1) is 0 Å². The highest BCUT2D eigenvalue weighted by molar-refractivity contribution is 6.33. The molecule has 1 rings (SSSR count). The Bertz CT molecular complexity index is 396. The molecule has 0 aromatic carbocycles. The van der Waals surface area contributed by atoms with Crippen molar-refractivity contribution in [1.82, 2.24) is 4.98 Å². The molecule has 0 saturated carbocycles. The normalized spacial score (nSPS) is 12.2. The largest absolute Gasteiger partial charge is 0.478 e. The maximum atomic E-state index is 10.7. The van der Waals surface area contributed by atoms with Gasteiger partial charge in [-0.05, 0) is 18.9 Å². The van der Waals surface area contributed by atoms with Crippen LogP contribution in [0.25, 0.3) is 0 Å². The Balaban J connectivity index is 2.81. The van der Waals surface area contributed by atoms with Gasteiger partial charge < -0.3 is 10.4 Å². The molecule has 94 valence electrons. The van der Waals surface area contributed by atoms with Crippen LogP contribution < -0.4 is 5.32 Å². The summed E-state index contributed by atoms with van der Waals surface area (Å²) in [6, 6.07) is 1.73. The summed E-state index contributed by atoms with van der Waals surface area (Å²) in [7, 11) is 0. The third-order valence-electron chi connectivity index (χ3n) is 2.56. The number of halogens is 1. The summed E-state index contributed by atoms with van der Waals surface area (Å²) in [5, 5.41) is 12.4. The summed E-state index contributed by atoms with van der Waals surface area (Å²) in [4.78, 5) is 14.8. The van der Waals surface area contributed by atoms with E-state index >= 15 is 0 Å². The number of hydrogen-bond acceptors (Lipinski definition) is 3. The fraction of sp³-hybridized carbons (Fsp3) is 0.500. The van der Waals surface area contributed by atoms with E-state index in [1.54, 1.807) is 0 Å². The number of hydrogen-bond donors (Lipinski definition) is 2. The number of rotatable bonds is 6. The van der Waals surface area contributed by atoms with E-state index in [9.17, 15) is 4.79 Å². The molecule has 17 heavy (non-hydrogen) atoms. The average Bonchev–Trinajstić information content (AvgIpc) is 2.30. The number of carbonyl (C=O) groups is 1. The average molecular weight is 257 g/mol. The predicted octanol–water partition coefficient (Wildman–Crippen LogP) is 3.42. The Kier molecular flexibility index (Phi) is 5.22. The molecule has 0 amide bonds. The maximum absolute atomic E-state index is 10.7. The third kappa shape index (κ3) is 3.89. The molecule has 1 atom stereocenters. The SMILES string of the molecule is CCCC(CC)Nc1ncc(C(=O)O)cc1Cl. The number of anilines is 1. The molecule has 0 fully saturated rings. The lowest BCUT2D eigenvalue weighted by Crippen LogP contribution is -2.19. The van der Waals surface area contributed by atoms with Crippen LogP contribution in [0.5, 0.6) is 0 Å². The zero-order valence-electron chi connectivity index (χ0n) is 10.0. The number of aromatic nitrogens is 1. The standard InChI is InChI=1S/C12H17ClN2O2/c1-3-5-9(4-2)15-11-10(13)6-8(7-14-11)12(16)17/h6-7,9H,3-5H2,1-2H3,(H,14,15)(H,16,17). The first-order valence-electron chi connectivity index (χ1n) is 5.73. The molecule has 1 heterocycles. The van der Waals surface area contributed by atoms with Crippen LogP contribution in [0.2, 0.25) is 5.02 Å². The van der Waals surface area contributed by atoms with Crippen molar-refractivity contribution in [2.24, 2.45) is 0 Å². The second kappa shape index (κ2) is 6.45. The first-order valence-corrected chi connectivity index (χ1v) is 6.11. The van der Waals surface area contributed by atoms with Crippen molar-refractivity contribution in [2.45, 2.75) is 39.2 Å². The lowest BCUT2D eigenvalue weighted by atomic mass is 10.1. The Hall–Kier alpha value is -1.29. The molecule has 0 radical (unpaired) electrons. The van der Waals surface area contributed by atoms with E-state index in [4.69, 9.17) is 16.7 Å². The van der Waals surface area contributed by atoms with Gasteiger partial charge in [-0.1, -0.05) is 31.9 Å². The molecule has 0 aliphatic heterocycles. The number of carboxylic acid groups (broad SMARTS) is 1. The van der Waals surface area contributed by atoms with E-state index in [0.29, 0.717) is 16.9 Å². The highest BCUT2D eigenvalue weighted by Gasteiger charge is 2.11. The van der Waals surface area contributed by atoms with Gasteiger partial charge >= 0.3 is 5.97 Å². The van der Waals surface area contributed by atoms with Crippen LogP contribution in [-0.4, -0.2) is 22.1 Å². The van der Waals surface area contributed by atoms with Crippen LogP contribution in [0.3, 0.4) is 0 Å². The van der Waals surface area contributed by atoms with Crippen LogP contribution >= 0.6 is 11.6 Å². The first kappa shape index (κ1) is 13.8. The number of nitrogens with zero attached hydrogens (tertiary/aromatic N) is 1. The minimum absolute atomic E-state index is 0.101. The number of aromatic carboxylic acids is 1. The zero-order valence-corrected chi connectivity index (χ0v) is 10.8. The minimum atomic E-state index is -1.02. The molecule has 0 aliphatic carbocycles. The molecule has 2 N–H and O–H groups in total. The van der Waals surface area contributed by atoms with Gasteiger partial charge in [0.05, 0.1) is 10.6 Å². The number of carboxylic acids is 1. The molecule has 1 aromatic heterocycles. The Morgan fingerprint density at radius 2 is 2.29 bits per heavy atom. The molecule has 1 aromatic rings. The van der Waals surface area contributed by atoms with Gasteiger partial charge in [-0.3, -0.25) is 0 Å². The van der Waals surface area contributed by atoms with Gasteiger partial charge in [-0.15, -0.1) is 0 Å². The van der Waals surface area contributed by atoms with Crippen LogP contribution in [0.1, 0.15) is 43.5 Å². The van der Waals surface area contributed by atoms with Crippen LogP contribution in [-0.2, 0) is 0 Å². The Morgan fingerprint density at radius 1 is 1.59 bits per heavy atom. The quantitative estimate of drug-likeness (QED) is 0.819. The van der Waals surface area contributed by atoms with Crippen molar-refractivity contribution in [3.05, 3.63) is 22.8 Å². The molecule has 5 heteroatoms. The summed E-state index contributed by atoms with van der Waals surface area (Å²) >= 11 is 5.99. The molecule has 4 nitrogen and oxygen atoms in total. The smallest absolute Gasteiger partial charge is 0.337 e. The van der Waals surface area contributed by atoms with Crippen molar-refractivity contribution in [1.29, 1.82) is 0 Å². The first-order chi connectivity index (χ1) is 8.08. The predicted molar refractivity (Wildman–Crippen MR) is 68.8 cm³/mol. The van der Waals surface area contributed by atoms with Crippen molar-refractivity contribution in [3.8, 4) is 0 Å². The monoisotopic (exact) mass is 256 g/mol. The topological polar surface area (TPSA) is 62.2 Å². The van der Waals surface area contributed by atoms with Gasteiger partial charge in [0.25, 0.3) is 0 Å². The molecule has 0 bridgehead atoms. The van der Waals surface area contributed by atoms with Gasteiger partial charge in [0.1, 0.15) is 5.82 Å². The lowest BCUT2D eigenvalue weighted by Gasteiger charge is -2.17. The van der Waals surface area contributed by atoms with Crippen molar-refractivity contribution >= 4 is 23.4 Å². The van der Waals surface area contributed by atoms with Crippen molar-refractivity contribution in [3.63, 3.8) is 0 Å². The summed E-state index contributed by atoms with van der Waals surface area (Å²) in [6.45, 7) is 4.21. The highest BCUT2D eigenvalue weighted by Crippen LogP contribution is 2.22. The second-order valence-electron chi connectivity index (χ2n) is 3.90. The maximum Gasteiger partial charge on any atom is 0.337 e. The summed E-state index contributed by atoms with van der Waals surface area (Å²) in [5.74, 6) is -0.469. The summed E-state index contributed by atoms with van der Waals surface area (Å²) in [6.07, 6.45) is 4.41. The van der Waals surface area contributed by atoms with E-state index < -0.39 is 5.97 Å². The van der Waals surface area contributed by atoms with Crippen molar-refractivity contribution in [2.75, 3.05) is 5.32 Å². The molecular weight excluding hydrogens is 240 g/mol. The molecule has 0 spiro atoms. The van der Waals surface area contributed by atoms with Crippen molar-refractivity contribution < 1.29 is 9.90 Å². The number of pyridine rings is 1. The van der Waals surface area contributed by atoms with E-state index in [2.05, 4.69) is 24.1 Å². The highest BCUT2D eigenvalue weighted by atomic mass is 35.5. The van der Waals surface area contributed by atoms with Gasteiger partial charge in [0.15, 0.2) is 0 Å². The van der Waals surface area contributed by atoms with E-state index in [1.165, 1.54) is 12.3 Å². The summed E-state index contributed by atoms with van der Waals surface area (Å²) in [5.41, 5.74) is 0.101. The fourth-order valence-electron chi connectivity index (χ4n) is 1.58. The van der Waals surface area contributed by atoms with Gasteiger partial charge in [0, 0.05) is 12.2 Å². The fourth-order valence-corrected chi connectivity index (χ4v) is 1.80. The summed E-state index contributed by atoms with van der Waals surface area (Å²) < 4.78 is 0. The van der Waals surface area contributed by atoms with Gasteiger partial charge in [0.2, 0.25) is 0 Å². The van der Waals surface area contributed by atoms with E-state index in [0.717, 1.165) is 19.3 Å². The van der Waals surface area contributed by atoms with E-state index in [1.807, 2.05) is 0 Å². The zero-order chi connectivity index (χ0) is 12.8. The number of nitrogens with one attached hydrogen (secondary N) is 1. The van der Waals surface area contributed by atoms with Crippen LogP contribution in [0.15, 0.2) is 12.3 Å². The van der Waals surface area contributed by atoms with Gasteiger partial charge in [-0.2, -0.15) is 0 Å². The van der Waals surface area contributed by atoms with Gasteiger partial charge in [-0.25, -0.2) is 9.78 Å². The van der Waals surface area contributed by atoms with E-state index in [-0.39, 0.29) is 5.56 Å². The molecule has 1 unspecified atom stereocenters. The Labute approximate surface area is 106 Å². The second-order valence-corrected chi connectivity index (χ2v) is 4.30. The molecule has 0 saturated heterocycles. The molecule has 0 aliphatic rings. The minimum Gasteiger partial charge on any atom is -0.478 e. The molecular formula is C12H17ClN2O2. The Morgan fingerprint density at radius 3 is 2.76 bits per heavy atom. The van der Waals surface area contributed by atoms with Crippen LogP contribution in [0.4, 0.5) is 5.82 Å².